The molecule has 10 nitrogen and oxygen atoms in total. The van der Waals surface area contributed by atoms with Crippen LogP contribution in [0.15, 0.2) is 71.6 Å². The molecule has 3 rings (SSSR count). The summed E-state index contributed by atoms with van der Waals surface area (Å²) < 4.78 is 59.2. The third-order valence-corrected chi connectivity index (χ3v) is 5.43. The standard InChI is InChI=1S/C21H21N3O3S.ClHO4/c1-15-12-18(17-8-4-3-5-9-17)13-16(2)24(15)14-21(25)23-19-10-6-7-11-20(19)28(22,26)27;2-1(3,4)5/h3-13H,14H2,1-2H3,(H2-,22,23,25,26,27);(H,2,3,4,5). The molecule has 12 heteroatoms. The second-order valence-electron chi connectivity index (χ2n) is 6.95. The number of nitrogens with two attached hydrogens (primary N) is 1. The molecule has 33 heavy (non-hydrogen) atoms. The summed E-state index contributed by atoms with van der Waals surface area (Å²) in [5, 5.41) is 7.87. The van der Waals surface area contributed by atoms with Crippen LogP contribution in [0.4, 0.5) is 5.69 Å². The predicted molar refractivity (Wildman–Crippen MR) is 108 cm³/mol. The summed E-state index contributed by atoms with van der Waals surface area (Å²) in [4.78, 5) is 12.4. The average Bonchev–Trinajstić information content (AvgIpc) is 2.69. The Hall–Kier alpha value is -2.90. The van der Waals surface area contributed by atoms with Gasteiger partial charge in [0.2, 0.25) is 16.6 Å². The number of amides is 1. The van der Waals surface area contributed by atoms with Gasteiger partial charge >= 0.3 is 0 Å². The Bertz CT molecular complexity index is 1200. The number of nitrogens with one attached hydrogen (secondary N) is 1. The van der Waals surface area contributed by atoms with E-state index in [1.165, 1.54) is 12.1 Å². The number of pyridine rings is 1. The molecule has 0 unspecified atom stereocenters. The first kappa shape index (κ1) is 26.4. The highest BCUT2D eigenvalue weighted by Gasteiger charge is 2.20. The van der Waals surface area contributed by atoms with E-state index in [4.69, 9.17) is 23.8 Å². The van der Waals surface area contributed by atoms with Gasteiger partial charge in [0.1, 0.15) is 4.90 Å². The molecule has 3 N–H and O–H groups in total. The number of para-hydroxylation sites is 1. The number of halogens is 1. The van der Waals surface area contributed by atoms with Gasteiger partial charge < -0.3 is 5.32 Å². The van der Waals surface area contributed by atoms with Crippen LogP contribution in [0.25, 0.3) is 11.1 Å². The van der Waals surface area contributed by atoms with Crippen LogP contribution in [0.2, 0.25) is 0 Å². The van der Waals surface area contributed by atoms with Gasteiger partial charge in [-0.15, -0.1) is 10.2 Å². The molecule has 2 aromatic carbocycles. The van der Waals surface area contributed by atoms with Crippen LogP contribution in [-0.2, 0) is 21.4 Å². The van der Waals surface area contributed by atoms with Gasteiger partial charge in [-0.1, -0.05) is 42.5 Å². The molecule has 0 radical (unpaired) electrons. The molecular formula is C21H22ClN3O7S. The van der Waals surface area contributed by atoms with E-state index in [0.29, 0.717) is 0 Å². The molecule has 0 atom stereocenters. The molecule has 1 amide bonds. The van der Waals surface area contributed by atoms with Crippen LogP contribution in [0.1, 0.15) is 11.4 Å². The lowest BCUT2D eigenvalue weighted by molar-refractivity contribution is -2.00. The van der Waals surface area contributed by atoms with Crippen molar-refractivity contribution in [3.8, 4) is 11.1 Å². The van der Waals surface area contributed by atoms with Crippen molar-refractivity contribution in [2.24, 2.45) is 5.14 Å². The van der Waals surface area contributed by atoms with Gasteiger partial charge in [0.15, 0.2) is 11.4 Å². The molecule has 0 saturated carbocycles. The van der Waals surface area contributed by atoms with Crippen molar-refractivity contribution in [3.63, 3.8) is 0 Å². The van der Waals surface area contributed by atoms with Crippen molar-refractivity contribution >= 4 is 21.6 Å². The minimum Gasteiger partial charge on any atom is -0.319 e. The van der Waals surface area contributed by atoms with Crippen molar-refractivity contribution in [2.45, 2.75) is 25.3 Å². The summed E-state index contributed by atoms with van der Waals surface area (Å²) in [6, 6.07) is 20.1. The number of hydrogen-bond donors (Lipinski definition) is 2. The molecule has 1 aromatic heterocycles. The third-order valence-electron chi connectivity index (χ3n) is 4.46. The van der Waals surface area contributed by atoms with Crippen LogP contribution < -0.4 is 33.7 Å². The maximum absolute atomic E-state index is 12.6. The zero-order chi connectivity index (χ0) is 24.8. The van der Waals surface area contributed by atoms with Crippen molar-refractivity contribution < 1.29 is 46.7 Å². The second-order valence-corrected chi connectivity index (χ2v) is 9.23. The summed E-state index contributed by atoms with van der Waals surface area (Å²) in [7, 11) is -8.87. The number of hydrogen-bond acceptors (Lipinski definition) is 7. The quantitative estimate of drug-likeness (QED) is 0.375. The van der Waals surface area contributed by atoms with Gasteiger partial charge in [-0.25, -0.2) is 32.2 Å². The van der Waals surface area contributed by atoms with E-state index < -0.39 is 20.3 Å². The summed E-state index contributed by atoms with van der Waals surface area (Å²) in [5.41, 5.74) is 4.20. The number of carbonyl (C=O) groups is 1. The normalized spacial score (nSPS) is 11.4. The van der Waals surface area contributed by atoms with Gasteiger partial charge in [-0.3, -0.25) is 4.79 Å². The molecule has 176 valence electrons. The summed E-state index contributed by atoms with van der Waals surface area (Å²) in [6.07, 6.45) is 0. The van der Waals surface area contributed by atoms with E-state index in [-0.39, 0.29) is 23.0 Å². The molecule has 0 bridgehead atoms. The minimum atomic E-state index is -4.94. The highest BCUT2D eigenvalue weighted by atomic mass is 35.7. The van der Waals surface area contributed by atoms with Crippen LogP contribution >= 0.6 is 0 Å². The molecule has 3 aromatic rings. The SMILES string of the molecule is Cc1cc(-c2ccccc2)cc(C)[n+]1CC(=O)Nc1ccccc1S(N)(=O)=O.[O-][Cl+3]([O-])([O-])[O-]. The first-order valence-corrected chi connectivity index (χ1v) is 12.1. The number of benzene rings is 2. The van der Waals surface area contributed by atoms with E-state index in [2.05, 4.69) is 5.32 Å². The molecule has 1 heterocycles. The number of aryl methyl sites for hydroxylation is 2. The third kappa shape index (κ3) is 8.51. The van der Waals surface area contributed by atoms with Crippen molar-refractivity contribution in [2.75, 3.05) is 5.32 Å². The Balaban J connectivity index is 0.000000696. The fourth-order valence-electron chi connectivity index (χ4n) is 3.12. The molecule has 0 aliphatic rings. The van der Waals surface area contributed by atoms with Crippen molar-refractivity contribution in [1.82, 2.24) is 0 Å². The number of primary sulfonamides is 1. The van der Waals surface area contributed by atoms with Gasteiger partial charge in [-0.2, -0.15) is 4.57 Å². The Kier molecular flexibility index (Phi) is 8.63. The molecule has 0 aliphatic carbocycles. The fraction of sp³-hybridized carbons (Fsp3) is 0.143. The maximum atomic E-state index is 12.6. The highest BCUT2D eigenvalue weighted by Crippen LogP contribution is 2.21. The first-order valence-electron chi connectivity index (χ1n) is 9.35. The smallest absolute Gasteiger partial charge is 0.290 e. The highest BCUT2D eigenvalue weighted by molar-refractivity contribution is 7.89. The Labute approximate surface area is 193 Å². The summed E-state index contributed by atoms with van der Waals surface area (Å²) in [5.74, 6) is -0.334. The molecule has 0 fully saturated rings. The molecular weight excluding hydrogens is 474 g/mol. The minimum absolute atomic E-state index is 0.0612. The van der Waals surface area contributed by atoms with Gasteiger partial charge in [0.05, 0.1) is 5.69 Å². The Morgan fingerprint density at radius 3 is 1.91 bits per heavy atom. The molecule has 0 saturated heterocycles. The monoisotopic (exact) mass is 495 g/mol. The number of rotatable bonds is 5. The van der Waals surface area contributed by atoms with E-state index in [9.17, 15) is 13.2 Å². The van der Waals surface area contributed by atoms with E-state index in [1.807, 2.05) is 60.9 Å². The van der Waals surface area contributed by atoms with E-state index >= 15 is 0 Å². The lowest BCUT2D eigenvalue weighted by Gasteiger charge is -2.17. The van der Waals surface area contributed by atoms with E-state index in [0.717, 1.165) is 22.5 Å². The van der Waals surface area contributed by atoms with E-state index in [1.54, 1.807) is 12.1 Å². The largest absolute Gasteiger partial charge is 0.319 e. The topological polar surface area (TPSA) is 185 Å². The number of carbonyl (C=O) groups excluding carboxylic acids is 1. The van der Waals surface area contributed by atoms with Crippen LogP contribution in [-0.4, -0.2) is 14.3 Å². The summed E-state index contributed by atoms with van der Waals surface area (Å²) >= 11 is 0. The van der Waals surface area contributed by atoms with Crippen molar-refractivity contribution in [3.05, 3.63) is 78.1 Å². The van der Waals surface area contributed by atoms with Crippen molar-refractivity contribution in [1.29, 1.82) is 0 Å². The zero-order valence-electron chi connectivity index (χ0n) is 17.7. The van der Waals surface area contributed by atoms with Gasteiger partial charge in [0.25, 0.3) is 5.91 Å². The van der Waals surface area contributed by atoms with Crippen LogP contribution in [0, 0.1) is 24.1 Å². The number of nitrogens with zero attached hydrogens (tertiary/aromatic N) is 1. The fourth-order valence-corrected chi connectivity index (χ4v) is 3.82. The molecule has 0 aliphatic heterocycles. The lowest BCUT2D eigenvalue weighted by atomic mass is 10.0. The first-order chi connectivity index (χ1) is 15.3. The van der Waals surface area contributed by atoms with Gasteiger partial charge in [0, 0.05) is 26.0 Å². The summed E-state index contributed by atoms with van der Waals surface area (Å²) in [6.45, 7) is 3.93. The number of sulfonamides is 1. The molecule has 0 spiro atoms. The number of aromatic nitrogens is 1. The Morgan fingerprint density at radius 2 is 1.39 bits per heavy atom. The average molecular weight is 496 g/mol. The Morgan fingerprint density at radius 1 is 0.909 bits per heavy atom. The van der Waals surface area contributed by atoms with Crippen LogP contribution in [0.3, 0.4) is 0 Å². The lowest BCUT2D eigenvalue weighted by Crippen LogP contribution is -2.68. The predicted octanol–water partition coefficient (Wildman–Crippen LogP) is -2.21. The second kappa shape index (κ2) is 10.8. The van der Waals surface area contributed by atoms with Gasteiger partial charge in [-0.05, 0) is 23.3 Å². The number of anilines is 1. The maximum Gasteiger partial charge on any atom is 0.290 e. The zero-order valence-corrected chi connectivity index (χ0v) is 19.3. The van der Waals surface area contributed by atoms with Crippen LogP contribution in [0.5, 0.6) is 0 Å².